The van der Waals surface area contributed by atoms with Crippen LogP contribution in [0.5, 0.6) is 0 Å². The molecule has 110 valence electrons. The highest BCUT2D eigenvalue weighted by Crippen LogP contribution is 2.34. The molecule has 0 radical (unpaired) electrons. The van der Waals surface area contributed by atoms with Gasteiger partial charge in [0.05, 0.1) is 0 Å². The molecule has 2 rings (SSSR count). The number of halogens is 1. The summed E-state index contributed by atoms with van der Waals surface area (Å²) in [6, 6.07) is 0.214. The highest BCUT2D eigenvalue weighted by Gasteiger charge is 2.41. The van der Waals surface area contributed by atoms with Crippen LogP contribution in [-0.4, -0.2) is 37.1 Å². The van der Waals surface area contributed by atoms with Gasteiger partial charge in [-0.3, -0.25) is 4.79 Å². The standard InChI is InChI=1S/C13H22ClNO3S/c1-9(2)10-3-5-11(6-4-10)15-8-12(7-13(15)16)19(14,17)18/h9-12H,3-8H2,1-2H3. The van der Waals surface area contributed by atoms with E-state index in [1.54, 1.807) is 4.90 Å². The quantitative estimate of drug-likeness (QED) is 0.752. The first-order valence-electron chi connectivity index (χ1n) is 7.02. The molecule has 1 atom stereocenters. The van der Waals surface area contributed by atoms with E-state index in [-0.39, 0.29) is 24.9 Å². The molecule has 0 aromatic heterocycles. The monoisotopic (exact) mass is 307 g/mol. The van der Waals surface area contributed by atoms with Crippen LogP contribution >= 0.6 is 10.7 Å². The molecule has 0 N–H and O–H groups in total. The van der Waals surface area contributed by atoms with E-state index in [0.29, 0.717) is 5.92 Å². The first-order valence-corrected chi connectivity index (χ1v) is 9.39. The lowest BCUT2D eigenvalue weighted by molar-refractivity contribution is -0.130. The Morgan fingerprint density at radius 2 is 1.79 bits per heavy atom. The number of rotatable bonds is 3. The second kappa shape index (κ2) is 5.60. The zero-order valence-electron chi connectivity index (χ0n) is 11.5. The normalized spacial score (nSPS) is 33.2. The van der Waals surface area contributed by atoms with Crippen LogP contribution in [0.2, 0.25) is 0 Å². The van der Waals surface area contributed by atoms with Gasteiger partial charge in [-0.15, -0.1) is 0 Å². The maximum absolute atomic E-state index is 11.9. The Morgan fingerprint density at radius 1 is 1.21 bits per heavy atom. The number of hydrogen-bond acceptors (Lipinski definition) is 3. The van der Waals surface area contributed by atoms with E-state index in [2.05, 4.69) is 13.8 Å². The fourth-order valence-electron chi connectivity index (χ4n) is 3.32. The van der Waals surface area contributed by atoms with Crippen molar-refractivity contribution in [2.75, 3.05) is 6.54 Å². The van der Waals surface area contributed by atoms with E-state index < -0.39 is 14.3 Å². The predicted molar refractivity (Wildman–Crippen MR) is 75.5 cm³/mol. The first-order chi connectivity index (χ1) is 8.79. The van der Waals surface area contributed by atoms with Gasteiger partial charge in [-0.1, -0.05) is 13.8 Å². The molecule has 2 aliphatic rings. The second-order valence-corrected chi connectivity index (χ2v) is 9.07. The Bertz CT molecular complexity index is 441. The van der Waals surface area contributed by atoms with Gasteiger partial charge in [0.15, 0.2) is 0 Å². The van der Waals surface area contributed by atoms with Crippen molar-refractivity contribution < 1.29 is 13.2 Å². The van der Waals surface area contributed by atoms with Crippen LogP contribution in [0.4, 0.5) is 0 Å². The lowest BCUT2D eigenvalue weighted by Gasteiger charge is -2.36. The molecule has 1 aliphatic carbocycles. The Kier molecular flexibility index (Phi) is 4.45. The van der Waals surface area contributed by atoms with Gasteiger partial charge in [-0.05, 0) is 37.5 Å². The average Bonchev–Trinajstić information content (AvgIpc) is 2.71. The van der Waals surface area contributed by atoms with Crippen molar-refractivity contribution in [2.24, 2.45) is 11.8 Å². The summed E-state index contributed by atoms with van der Waals surface area (Å²) in [6.07, 6.45) is 4.29. The number of carbonyl (C=O) groups excluding carboxylic acids is 1. The van der Waals surface area contributed by atoms with Crippen LogP contribution in [0.3, 0.4) is 0 Å². The van der Waals surface area contributed by atoms with Gasteiger partial charge < -0.3 is 4.90 Å². The van der Waals surface area contributed by atoms with E-state index in [1.165, 1.54) is 0 Å². The predicted octanol–water partition coefficient (Wildman–Crippen LogP) is 2.37. The van der Waals surface area contributed by atoms with Gasteiger partial charge in [0.25, 0.3) is 0 Å². The number of nitrogens with zero attached hydrogens (tertiary/aromatic N) is 1. The summed E-state index contributed by atoms with van der Waals surface area (Å²) in [5.41, 5.74) is 0. The van der Waals surface area contributed by atoms with Crippen molar-refractivity contribution in [3.8, 4) is 0 Å². The molecule has 1 unspecified atom stereocenters. The molecule has 4 nitrogen and oxygen atoms in total. The first kappa shape index (κ1) is 15.1. The minimum atomic E-state index is -3.62. The van der Waals surface area contributed by atoms with E-state index in [4.69, 9.17) is 10.7 Å². The maximum Gasteiger partial charge on any atom is 0.237 e. The zero-order valence-corrected chi connectivity index (χ0v) is 13.1. The molecule has 1 aliphatic heterocycles. The summed E-state index contributed by atoms with van der Waals surface area (Å²) >= 11 is 0. The Morgan fingerprint density at radius 3 is 2.21 bits per heavy atom. The lowest BCUT2D eigenvalue weighted by atomic mass is 9.79. The van der Waals surface area contributed by atoms with Gasteiger partial charge in [0, 0.05) is 29.7 Å². The topological polar surface area (TPSA) is 54.5 Å². The molecule has 0 bridgehead atoms. The smallest absolute Gasteiger partial charge is 0.237 e. The van der Waals surface area contributed by atoms with Crippen LogP contribution in [0, 0.1) is 11.8 Å². The summed E-state index contributed by atoms with van der Waals surface area (Å²) in [5, 5.41) is -0.718. The molecule has 0 aromatic carbocycles. The Hall–Kier alpha value is -0.290. The van der Waals surface area contributed by atoms with Gasteiger partial charge in [0.1, 0.15) is 5.25 Å². The van der Waals surface area contributed by atoms with Crippen molar-refractivity contribution in [1.29, 1.82) is 0 Å². The minimum absolute atomic E-state index is 0.0515. The molecule has 2 fully saturated rings. The lowest BCUT2D eigenvalue weighted by Crippen LogP contribution is -2.40. The summed E-state index contributed by atoms with van der Waals surface area (Å²) in [5.74, 6) is 1.37. The molecule has 0 spiro atoms. The molecule has 1 saturated carbocycles. The zero-order chi connectivity index (χ0) is 14.2. The van der Waals surface area contributed by atoms with E-state index in [0.717, 1.165) is 31.6 Å². The summed E-state index contributed by atoms with van der Waals surface area (Å²) in [7, 11) is 1.75. The third-order valence-electron chi connectivity index (χ3n) is 4.65. The SMILES string of the molecule is CC(C)C1CCC(N2CC(S(=O)(=O)Cl)CC2=O)CC1. The molecular weight excluding hydrogens is 286 g/mol. The Balaban J connectivity index is 1.95. The van der Waals surface area contributed by atoms with Gasteiger partial charge in [-0.2, -0.15) is 0 Å². The number of hydrogen-bond donors (Lipinski definition) is 0. The van der Waals surface area contributed by atoms with Gasteiger partial charge in [0.2, 0.25) is 15.0 Å². The van der Waals surface area contributed by atoms with E-state index in [1.807, 2.05) is 0 Å². The highest BCUT2D eigenvalue weighted by molar-refractivity contribution is 8.14. The largest absolute Gasteiger partial charge is 0.338 e. The van der Waals surface area contributed by atoms with Crippen LogP contribution in [-0.2, 0) is 13.8 Å². The molecular formula is C13H22ClNO3S. The van der Waals surface area contributed by atoms with Crippen molar-refractivity contribution in [2.45, 2.75) is 57.2 Å². The third-order valence-corrected chi connectivity index (χ3v) is 6.51. The fourth-order valence-corrected chi connectivity index (χ4v) is 4.36. The highest BCUT2D eigenvalue weighted by atomic mass is 35.7. The summed E-state index contributed by atoms with van der Waals surface area (Å²) < 4.78 is 22.7. The number of carbonyl (C=O) groups is 1. The van der Waals surface area contributed by atoms with Crippen molar-refractivity contribution in [3.05, 3.63) is 0 Å². The average molecular weight is 308 g/mol. The molecule has 6 heteroatoms. The molecule has 0 aromatic rings. The van der Waals surface area contributed by atoms with Crippen LogP contribution in [0.15, 0.2) is 0 Å². The van der Waals surface area contributed by atoms with Gasteiger partial charge in [-0.25, -0.2) is 8.42 Å². The summed E-state index contributed by atoms with van der Waals surface area (Å²) in [4.78, 5) is 13.7. The van der Waals surface area contributed by atoms with E-state index >= 15 is 0 Å². The van der Waals surface area contributed by atoms with Crippen molar-refractivity contribution in [1.82, 2.24) is 4.90 Å². The maximum atomic E-state index is 11.9. The minimum Gasteiger partial charge on any atom is -0.338 e. The summed E-state index contributed by atoms with van der Waals surface area (Å²) in [6.45, 7) is 4.76. The second-order valence-electron chi connectivity index (χ2n) is 6.16. The van der Waals surface area contributed by atoms with Crippen molar-refractivity contribution in [3.63, 3.8) is 0 Å². The van der Waals surface area contributed by atoms with Crippen LogP contribution in [0.25, 0.3) is 0 Å². The number of amides is 1. The molecule has 1 amide bonds. The molecule has 1 heterocycles. The van der Waals surface area contributed by atoms with Gasteiger partial charge >= 0.3 is 0 Å². The van der Waals surface area contributed by atoms with Crippen molar-refractivity contribution >= 4 is 25.6 Å². The van der Waals surface area contributed by atoms with Crippen LogP contribution in [0.1, 0.15) is 46.0 Å². The van der Waals surface area contributed by atoms with E-state index in [9.17, 15) is 13.2 Å². The number of likely N-dealkylation sites (tertiary alicyclic amines) is 1. The van der Waals surface area contributed by atoms with Crippen LogP contribution < -0.4 is 0 Å². The molecule has 1 saturated heterocycles. The Labute approximate surface area is 119 Å². The fraction of sp³-hybridized carbons (Fsp3) is 0.923. The molecule has 19 heavy (non-hydrogen) atoms. The third kappa shape index (κ3) is 3.43.